The first-order chi connectivity index (χ1) is 7.25. The first-order valence-electron chi connectivity index (χ1n) is 5.79. The topological polar surface area (TPSA) is 37.8 Å². The first kappa shape index (κ1) is 10.4. The van der Waals surface area contributed by atoms with Crippen LogP contribution >= 0.6 is 0 Å². The third-order valence-corrected chi connectivity index (χ3v) is 3.36. The van der Waals surface area contributed by atoms with Crippen LogP contribution < -0.4 is 5.32 Å². The second-order valence-electron chi connectivity index (χ2n) is 4.54. The highest BCUT2D eigenvalue weighted by atomic mass is 15.0. The maximum absolute atomic E-state index is 4.34. The molecule has 3 nitrogen and oxygen atoms in total. The van der Waals surface area contributed by atoms with E-state index < -0.39 is 0 Å². The number of aromatic nitrogens is 2. The molecule has 3 heteroatoms. The molecule has 2 rings (SSSR count). The summed E-state index contributed by atoms with van der Waals surface area (Å²) in [5.74, 6) is 3.47. The zero-order valence-corrected chi connectivity index (χ0v) is 9.53. The van der Waals surface area contributed by atoms with Gasteiger partial charge in [-0.1, -0.05) is 19.8 Å². The van der Waals surface area contributed by atoms with Crippen molar-refractivity contribution in [3.8, 4) is 0 Å². The van der Waals surface area contributed by atoms with Crippen LogP contribution in [0.3, 0.4) is 0 Å². The van der Waals surface area contributed by atoms with Gasteiger partial charge in [-0.2, -0.15) is 0 Å². The van der Waals surface area contributed by atoms with Crippen molar-refractivity contribution in [1.29, 1.82) is 0 Å². The lowest BCUT2D eigenvalue weighted by molar-refractivity contribution is 0.439. The van der Waals surface area contributed by atoms with Gasteiger partial charge in [-0.15, -0.1) is 0 Å². The van der Waals surface area contributed by atoms with Crippen molar-refractivity contribution in [2.75, 3.05) is 11.9 Å². The molecule has 1 fully saturated rings. The van der Waals surface area contributed by atoms with E-state index in [4.69, 9.17) is 0 Å². The van der Waals surface area contributed by atoms with E-state index in [0.717, 1.165) is 30.0 Å². The van der Waals surface area contributed by atoms with Gasteiger partial charge in [0.15, 0.2) is 0 Å². The Hall–Kier alpha value is -1.12. The molecular weight excluding hydrogens is 186 g/mol. The minimum absolute atomic E-state index is 0.820. The summed E-state index contributed by atoms with van der Waals surface area (Å²) in [6.07, 6.45) is 5.94. The molecule has 0 saturated heterocycles. The molecule has 2 atom stereocenters. The maximum atomic E-state index is 4.34. The van der Waals surface area contributed by atoms with Gasteiger partial charge in [-0.25, -0.2) is 9.97 Å². The Bertz CT molecular complexity index is 324. The number of hydrogen-bond donors (Lipinski definition) is 1. The molecule has 1 heterocycles. The molecule has 1 N–H and O–H groups in total. The van der Waals surface area contributed by atoms with Crippen molar-refractivity contribution in [3.63, 3.8) is 0 Å². The summed E-state index contributed by atoms with van der Waals surface area (Å²) in [6.45, 7) is 5.32. The van der Waals surface area contributed by atoms with E-state index in [9.17, 15) is 0 Å². The fraction of sp³-hybridized carbons (Fsp3) is 0.667. The molecular formula is C12H19N3. The molecule has 1 aliphatic rings. The summed E-state index contributed by atoms with van der Waals surface area (Å²) in [6, 6.07) is 1.94. The molecule has 2 unspecified atom stereocenters. The molecule has 0 spiro atoms. The predicted octanol–water partition coefficient (Wildman–Crippen LogP) is 2.63. The van der Waals surface area contributed by atoms with Crippen LogP contribution in [0.15, 0.2) is 12.3 Å². The Balaban J connectivity index is 1.87. The molecule has 0 bridgehead atoms. The molecule has 0 radical (unpaired) electrons. The zero-order valence-electron chi connectivity index (χ0n) is 9.53. The Morgan fingerprint density at radius 3 is 3.00 bits per heavy atom. The summed E-state index contributed by atoms with van der Waals surface area (Å²) in [5.41, 5.74) is 0. The van der Waals surface area contributed by atoms with Crippen LogP contribution in [0.5, 0.6) is 0 Å². The molecule has 82 valence electrons. The van der Waals surface area contributed by atoms with Crippen LogP contribution in [0.25, 0.3) is 0 Å². The summed E-state index contributed by atoms with van der Waals surface area (Å²) < 4.78 is 0. The van der Waals surface area contributed by atoms with Crippen LogP contribution in [0.1, 0.15) is 32.0 Å². The highest BCUT2D eigenvalue weighted by Crippen LogP contribution is 2.30. The summed E-state index contributed by atoms with van der Waals surface area (Å²) in [7, 11) is 0. The molecule has 0 amide bonds. The largest absolute Gasteiger partial charge is 0.370 e. The Labute approximate surface area is 91.3 Å². The normalized spacial score (nSPS) is 25.5. The monoisotopic (exact) mass is 205 g/mol. The molecule has 1 aliphatic carbocycles. The van der Waals surface area contributed by atoms with Crippen molar-refractivity contribution in [1.82, 2.24) is 9.97 Å². The van der Waals surface area contributed by atoms with Gasteiger partial charge in [-0.05, 0) is 31.2 Å². The summed E-state index contributed by atoms with van der Waals surface area (Å²) >= 11 is 0. The van der Waals surface area contributed by atoms with E-state index in [-0.39, 0.29) is 0 Å². The van der Waals surface area contributed by atoms with Crippen molar-refractivity contribution < 1.29 is 0 Å². The SMILES string of the molecule is Cc1nccc(NCC2CCCC2C)n1. The third-order valence-electron chi connectivity index (χ3n) is 3.36. The lowest BCUT2D eigenvalue weighted by atomic mass is 9.98. The van der Waals surface area contributed by atoms with Gasteiger partial charge in [0.2, 0.25) is 0 Å². The third kappa shape index (κ3) is 2.67. The van der Waals surface area contributed by atoms with Crippen LogP contribution in [0.4, 0.5) is 5.82 Å². The highest BCUT2D eigenvalue weighted by Gasteiger charge is 2.22. The van der Waals surface area contributed by atoms with Crippen molar-refractivity contribution in [2.24, 2.45) is 11.8 Å². The smallest absolute Gasteiger partial charge is 0.129 e. The molecule has 1 aromatic rings. The van der Waals surface area contributed by atoms with E-state index in [1.165, 1.54) is 19.3 Å². The molecule has 0 aliphatic heterocycles. The van der Waals surface area contributed by atoms with Gasteiger partial charge < -0.3 is 5.32 Å². The average molecular weight is 205 g/mol. The van der Waals surface area contributed by atoms with E-state index in [1.54, 1.807) is 0 Å². The fourth-order valence-electron chi connectivity index (χ4n) is 2.32. The second-order valence-corrected chi connectivity index (χ2v) is 4.54. The number of aryl methyl sites for hydroxylation is 1. The van der Waals surface area contributed by atoms with Gasteiger partial charge in [-0.3, -0.25) is 0 Å². The zero-order chi connectivity index (χ0) is 10.7. The molecule has 1 saturated carbocycles. The van der Waals surface area contributed by atoms with Crippen molar-refractivity contribution >= 4 is 5.82 Å². The van der Waals surface area contributed by atoms with Crippen molar-refractivity contribution in [3.05, 3.63) is 18.1 Å². The highest BCUT2D eigenvalue weighted by molar-refractivity contribution is 5.32. The lowest BCUT2D eigenvalue weighted by Crippen LogP contribution is -2.17. The van der Waals surface area contributed by atoms with Gasteiger partial charge in [0.05, 0.1) is 0 Å². The van der Waals surface area contributed by atoms with E-state index in [2.05, 4.69) is 22.2 Å². The summed E-state index contributed by atoms with van der Waals surface area (Å²) in [5, 5.41) is 3.41. The van der Waals surface area contributed by atoms with E-state index in [1.807, 2.05) is 19.2 Å². The number of nitrogens with zero attached hydrogens (tertiary/aromatic N) is 2. The number of anilines is 1. The van der Waals surface area contributed by atoms with Crippen LogP contribution in [-0.2, 0) is 0 Å². The maximum Gasteiger partial charge on any atom is 0.129 e. The Kier molecular flexibility index (Phi) is 3.19. The Morgan fingerprint density at radius 1 is 1.47 bits per heavy atom. The second kappa shape index (κ2) is 4.60. The average Bonchev–Trinajstić information content (AvgIpc) is 2.61. The van der Waals surface area contributed by atoms with Crippen LogP contribution in [0, 0.1) is 18.8 Å². The van der Waals surface area contributed by atoms with E-state index in [0.29, 0.717) is 0 Å². The van der Waals surface area contributed by atoms with Gasteiger partial charge in [0.25, 0.3) is 0 Å². The van der Waals surface area contributed by atoms with Crippen LogP contribution in [0.2, 0.25) is 0 Å². The minimum Gasteiger partial charge on any atom is -0.370 e. The predicted molar refractivity (Wildman–Crippen MR) is 61.8 cm³/mol. The van der Waals surface area contributed by atoms with Gasteiger partial charge in [0.1, 0.15) is 11.6 Å². The first-order valence-corrected chi connectivity index (χ1v) is 5.79. The number of hydrogen-bond acceptors (Lipinski definition) is 3. The summed E-state index contributed by atoms with van der Waals surface area (Å²) in [4.78, 5) is 8.42. The van der Waals surface area contributed by atoms with E-state index >= 15 is 0 Å². The Morgan fingerprint density at radius 2 is 2.33 bits per heavy atom. The molecule has 0 aromatic carbocycles. The van der Waals surface area contributed by atoms with Crippen molar-refractivity contribution in [2.45, 2.75) is 33.1 Å². The lowest BCUT2D eigenvalue weighted by Gasteiger charge is -2.16. The van der Waals surface area contributed by atoms with Crippen LogP contribution in [-0.4, -0.2) is 16.5 Å². The fourth-order valence-corrected chi connectivity index (χ4v) is 2.32. The van der Waals surface area contributed by atoms with Gasteiger partial charge >= 0.3 is 0 Å². The number of nitrogens with one attached hydrogen (secondary N) is 1. The minimum atomic E-state index is 0.820. The number of rotatable bonds is 3. The van der Waals surface area contributed by atoms with Gasteiger partial charge in [0, 0.05) is 12.7 Å². The standard InChI is InChI=1S/C12H19N3/c1-9-4-3-5-11(9)8-14-12-6-7-13-10(2)15-12/h6-7,9,11H,3-5,8H2,1-2H3,(H,13,14,15). The quantitative estimate of drug-likeness (QED) is 0.824. The molecule has 1 aromatic heterocycles. The molecule has 15 heavy (non-hydrogen) atoms.